The standard InChI is InChI=1S/C6H13N3O.2ClH/c7-5-1-3-9(4-2-5)6(8)10;;/h5H,1-4,7H2,(H2,8,10);2*1H. The van der Waals surface area contributed by atoms with E-state index < -0.39 is 0 Å². The van der Waals surface area contributed by atoms with E-state index in [1.807, 2.05) is 0 Å². The maximum absolute atomic E-state index is 10.6. The number of hydrogen-bond donors (Lipinski definition) is 2. The molecular formula is C6H15Cl2N3O. The topological polar surface area (TPSA) is 72.4 Å². The number of carbonyl (C=O) groups is 1. The summed E-state index contributed by atoms with van der Waals surface area (Å²) in [7, 11) is 0. The van der Waals surface area contributed by atoms with Gasteiger partial charge in [0.25, 0.3) is 0 Å². The van der Waals surface area contributed by atoms with Gasteiger partial charge >= 0.3 is 6.03 Å². The van der Waals surface area contributed by atoms with Gasteiger partial charge in [0.05, 0.1) is 0 Å². The van der Waals surface area contributed by atoms with Gasteiger partial charge in [0, 0.05) is 19.1 Å². The molecule has 1 fully saturated rings. The zero-order valence-corrected chi connectivity index (χ0v) is 8.37. The summed E-state index contributed by atoms with van der Waals surface area (Å²) in [6.07, 6.45) is 1.76. The van der Waals surface area contributed by atoms with Gasteiger partial charge in [0.15, 0.2) is 0 Å². The first-order valence-corrected chi connectivity index (χ1v) is 3.50. The molecule has 1 aliphatic heterocycles. The first-order chi connectivity index (χ1) is 4.70. The molecular weight excluding hydrogens is 201 g/mol. The summed E-state index contributed by atoms with van der Waals surface area (Å²) in [6, 6.07) is -0.0671. The fourth-order valence-electron chi connectivity index (χ4n) is 1.12. The Labute approximate surface area is 84.5 Å². The fourth-order valence-corrected chi connectivity index (χ4v) is 1.12. The van der Waals surface area contributed by atoms with E-state index in [4.69, 9.17) is 11.5 Å². The molecule has 0 unspecified atom stereocenters. The molecule has 0 aromatic carbocycles. The van der Waals surface area contributed by atoms with Crippen LogP contribution in [0.1, 0.15) is 12.8 Å². The number of nitrogens with zero attached hydrogens (tertiary/aromatic N) is 1. The number of likely N-dealkylation sites (tertiary alicyclic amines) is 1. The van der Waals surface area contributed by atoms with Gasteiger partial charge < -0.3 is 16.4 Å². The summed E-state index contributed by atoms with van der Waals surface area (Å²) in [6.45, 7) is 1.44. The van der Waals surface area contributed by atoms with E-state index in [2.05, 4.69) is 0 Å². The van der Waals surface area contributed by atoms with Crippen LogP contribution < -0.4 is 11.5 Å². The number of carbonyl (C=O) groups excluding carboxylic acids is 1. The normalized spacial score (nSPS) is 17.6. The molecule has 0 spiro atoms. The number of halogens is 2. The minimum Gasteiger partial charge on any atom is -0.351 e. The number of primary amides is 1. The molecule has 0 aromatic heterocycles. The van der Waals surface area contributed by atoms with Crippen LogP contribution in [-0.4, -0.2) is 30.1 Å². The molecule has 0 bridgehead atoms. The van der Waals surface area contributed by atoms with Crippen LogP contribution >= 0.6 is 24.8 Å². The smallest absolute Gasteiger partial charge is 0.314 e. The zero-order valence-electron chi connectivity index (χ0n) is 6.73. The lowest BCUT2D eigenvalue weighted by molar-refractivity contribution is 0.191. The van der Waals surface area contributed by atoms with Gasteiger partial charge in [-0.25, -0.2) is 4.79 Å². The Kier molecular flexibility index (Phi) is 7.58. The number of piperidine rings is 1. The molecule has 12 heavy (non-hydrogen) atoms. The monoisotopic (exact) mass is 215 g/mol. The molecule has 74 valence electrons. The third-order valence-corrected chi connectivity index (χ3v) is 1.85. The Morgan fingerprint density at radius 2 is 1.67 bits per heavy atom. The highest BCUT2D eigenvalue weighted by Crippen LogP contribution is 2.06. The van der Waals surface area contributed by atoms with Crippen molar-refractivity contribution in [2.24, 2.45) is 11.5 Å². The Morgan fingerprint density at radius 3 is 2.00 bits per heavy atom. The van der Waals surface area contributed by atoms with Crippen LogP contribution in [0.3, 0.4) is 0 Å². The van der Waals surface area contributed by atoms with Crippen LogP contribution in [0.2, 0.25) is 0 Å². The molecule has 0 aliphatic carbocycles. The second kappa shape index (κ2) is 6.34. The van der Waals surface area contributed by atoms with Crippen LogP contribution in [0.5, 0.6) is 0 Å². The molecule has 6 heteroatoms. The van der Waals surface area contributed by atoms with Gasteiger partial charge in [-0.3, -0.25) is 0 Å². The number of amides is 2. The van der Waals surface area contributed by atoms with Crippen LogP contribution in [0, 0.1) is 0 Å². The minimum atomic E-state index is -0.327. The molecule has 0 radical (unpaired) electrons. The minimum absolute atomic E-state index is 0. The van der Waals surface area contributed by atoms with Crippen LogP contribution in [0.4, 0.5) is 4.79 Å². The second-order valence-electron chi connectivity index (χ2n) is 2.66. The lowest BCUT2D eigenvalue weighted by Gasteiger charge is -2.28. The zero-order chi connectivity index (χ0) is 7.56. The van der Waals surface area contributed by atoms with Crippen molar-refractivity contribution in [3.8, 4) is 0 Å². The van der Waals surface area contributed by atoms with Crippen molar-refractivity contribution in [3.05, 3.63) is 0 Å². The molecule has 4 N–H and O–H groups in total. The summed E-state index contributed by atoms with van der Waals surface area (Å²) in [5.41, 5.74) is 10.7. The number of nitrogens with two attached hydrogens (primary N) is 2. The van der Waals surface area contributed by atoms with Crippen molar-refractivity contribution >= 4 is 30.8 Å². The Bertz CT molecular complexity index is 137. The summed E-state index contributed by atoms with van der Waals surface area (Å²) < 4.78 is 0. The average molecular weight is 216 g/mol. The van der Waals surface area contributed by atoms with Gasteiger partial charge in [-0.15, -0.1) is 24.8 Å². The van der Waals surface area contributed by atoms with Crippen molar-refractivity contribution in [2.75, 3.05) is 13.1 Å². The Balaban J connectivity index is 0. The molecule has 1 heterocycles. The van der Waals surface area contributed by atoms with Gasteiger partial charge in [-0.2, -0.15) is 0 Å². The first kappa shape index (κ1) is 14.3. The van der Waals surface area contributed by atoms with Crippen LogP contribution in [0.25, 0.3) is 0 Å². The van der Waals surface area contributed by atoms with E-state index in [0.717, 1.165) is 25.9 Å². The maximum Gasteiger partial charge on any atom is 0.314 e. The van der Waals surface area contributed by atoms with Crippen molar-refractivity contribution < 1.29 is 4.79 Å². The molecule has 0 aromatic rings. The maximum atomic E-state index is 10.6. The lowest BCUT2D eigenvalue weighted by atomic mass is 10.1. The highest BCUT2D eigenvalue weighted by atomic mass is 35.5. The molecule has 1 aliphatic rings. The molecule has 0 saturated carbocycles. The van der Waals surface area contributed by atoms with Gasteiger partial charge in [0.2, 0.25) is 0 Å². The molecule has 1 rings (SSSR count). The average Bonchev–Trinajstić information content (AvgIpc) is 1.88. The molecule has 2 amide bonds. The van der Waals surface area contributed by atoms with Gasteiger partial charge in [-0.05, 0) is 12.8 Å². The summed E-state index contributed by atoms with van der Waals surface area (Å²) in [4.78, 5) is 12.2. The predicted octanol–water partition coefficient (Wildman–Crippen LogP) is 0.332. The third-order valence-electron chi connectivity index (χ3n) is 1.85. The van der Waals surface area contributed by atoms with E-state index >= 15 is 0 Å². The van der Waals surface area contributed by atoms with Crippen molar-refractivity contribution in [1.82, 2.24) is 4.90 Å². The Hall–Kier alpha value is -0.190. The first-order valence-electron chi connectivity index (χ1n) is 3.50. The van der Waals surface area contributed by atoms with E-state index in [9.17, 15) is 4.79 Å². The van der Waals surface area contributed by atoms with Crippen molar-refractivity contribution in [1.29, 1.82) is 0 Å². The van der Waals surface area contributed by atoms with E-state index in [-0.39, 0.29) is 36.9 Å². The summed E-state index contributed by atoms with van der Waals surface area (Å²) in [5, 5.41) is 0. The molecule has 1 saturated heterocycles. The largest absolute Gasteiger partial charge is 0.351 e. The highest BCUT2D eigenvalue weighted by Gasteiger charge is 2.17. The Morgan fingerprint density at radius 1 is 1.25 bits per heavy atom. The van der Waals surface area contributed by atoms with E-state index in [0.29, 0.717) is 0 Å². The van der Waals surface area contributed by atoms with Crippen LogP contribution in [0.15, 0.2) is 0 Å². The molecule has 0 atom stereocenters. The van der Waals surface area contributed by atoms with E-state index in [1.165, 1.54) is 0 Å². The number of hydrogen-bond acceptors (Lipinski definition) is 2. The van der Waals surface area contributed by atoms with Crippen LogP contribution in [-0.2, 0) is 0 Å². The SMILES string of the molecule is Cl.Cl.NC(=O)N1CCC(N)CC1. The fraction of sp³-hybridized carbons (Fsp3) is 0.833. The third kappa shape index (κ3) is 3.99. The van der Waals surface area contributed by atoms with Gasteiger partial charge in [-0.1, -0.05) is 0 Å². The summed E-state index contributed by atoms with van der Waals surface area (Å²) in [5.74, 6) is 0. The van der Waals surface area contributed by atoms with Crippen molar-refractivity contribution in [3.63, 3.8) is 0 Å². The van der Waals surface area contributed by atoms with Crippen molar-refractivity contribution in [2.45, 2.75) is 18.9 Å². The number of urea groups is 1. The number of rotatable bonds is 0. The summed E-state index contributed by atoms with van der Waals surface area (Å²) >= 11 is 0. The quantitative estimate of drug-likeness (QED) is 0.612. The van der Waals surface area contributed by atoms with Gasteiger partial charge in [0.1, 0.15) is 0 Å². The molecule has 4 nitrogen and oxygen atoms in total. The lowest BCUT2D eigenvalue weighted by Crippen LogP contribution is -2.45. The second-order valence-corrected chi connectivity index (χ2v) is 2.66. The highest BCUT2D eigenvalue weighted by molar-refractivity contribution is 5.85. The predicted molar refractivity (Wildman–Crippen MR) is 52.9 cm³/mol. The van der Waals surface area contributed by atoms with E-state index in [1.54, 1.807) is 4.90 Å².